The molecule has 2 N–H and O–H groups in total. The molecular weight excluding hydrogens is 713 g/mol. The number of nitrogens with zero attached hydrogens (tertiary/aromatic N) is 6. The Morgan fingerprint density at radius 2 is 1.21 bits per heavy atom. The maximum absolute atomic E-state index is 13.6. The zero-order valence-electron chi connectivity index (χ0n) is 32.5. The molecule has 0 radical (unpaired) electrons. The number of hydrogen-bond acceptors (Lipinski definition) is 8. The van der Waals surface area contributed by atoms with Gasteiger partial charge in [-0.3, -0.25) is 9.59 Å². The Hall–Kier alpha value is -6.18. The standard InChI is InChI=1S/C42H46N8O6/c1-23(2)35(47-41(53)55-5)39(51)49-17-7-9-33(49)37-43-22-32(46-37)29-14-13-25-19-26(11-12-27(25)20-29)28-15-16-30-31(21-28)45-38(44-30)34-10-8-18-50(34)40(52)36(24(3)4)48-42(54)56-6/h11-16,19-24,33-34H,7-10,17-18H2,1-6H3,(H,43,46)(H,44,45). The van der Waals surface area contributed by atoms with Crippen LogP contribution in [-0.2, 0) is 19.1 Å². The molecule has 4 heterocycles. The van der Waals surface area contributed by atoms with Crippen molar-refractivity contribution in [2.24, 2.45) is 21.8 Å². The monoisotopic (exact) mass is 758 g/mol. The van der Waals surface area contributed by atoms with Crippen LogP contribution in [-0.4, -0.2) is 92.5 Å². The van der Waals surface area contributed by atoms with Crippen LogP contribution in [0.4, 0.5) is 9.59 Å². The number of carbonyl (C=O) groups is 4. The third-order valence-electron chi connectivity index (χ3n) is 10.5. The topological polar surface area (TPSA) is 175 Å². The number of aliphatic imine (C=N–C) groups is 2. The second-order valence-electron chi connectivity index (χ2n) is 14.9. The van der Waals surface area contributed by atoms with Crippen molar-refractivity contribution in [2.45, 2.75) is 65.5 Å². The molecule has 2 atom stereocenters. The van der Waals surface area contributed by atoms with Gasteiger partial charge < -0.3 is 29.2 Å². The number of carbonyl (C=O) groups excluding carboxylic acids is 4. The van der Waals surface area contributed by atoms with Crippen molar-refractivity contribution < 1.29 is 28.7 Å². The van der Waals surface area contributed by atoms with Gasteiger partial charge in [0.15, 0.2) is 0 Å². The number of hydrogen-bond donors (Lipinski definition) is 2. The molecule has 290 valence electrons. The molecule has 0 saturated carbocycles. The summed E-state index contributed by atoms with van der Waals surface area (Å²) in [7, 11) is 2.49. The Kier molecular flexibility index (Phi) is 10.8. The molecule has 5 aromatic rings. The number of H-pyrrole nitrogens is 2. The van der Waals surface area contributed by atoms with Crippen molar-refractivity contribution >= 4 is 57.2 Å². The first kappa shape index (κ1) is 38.1. The predicted octanol–water partition coefficient (Wildman–Crippen LogP) is 7.83. The van der Waals surface area contributed by atoms with Gasteiger partial charge >= 0.3 is 12.2 Å². The molecule has 0 bridgehead atoms. The lowest BCUT2D eigenvalue weighted by Gasteiger charge is -2.24. The molecule has 14 heteroatoms. The highest BCUT2D eigenvalue weighted by Gasteiger charge is 2.37. The third kappa shape index (κ3) is 7.55. The minimum absolute atomic E-state index is 0.174. The summed E-state index contributed by atoms with van der Waals surface area (Å²) in [5.41, 5.74) is 5.91. The number of imidazole rings is 2. The highest BCUT2D eigenvalue weighted by Crippen LogP contribution is 2.35. The first-order chi connectivity index (χ1) is 26.9. The van der Waals surface area contributed by atoms with Crippen molar-refractivity contribution in [1.29, 1.82) is 0 Å². The summed E-state index contributed by atoms with van der Waals surface area (Å²) in [6, 6.07) is 18.2. The van der Waals surface area contributed by atoms with Crippen LogP contribution in [0.2, 0.25) is 0 Å². The Bertz CT molecular complexity index is 2390. The summed E-state index contributed by atoms with van der Waals surface area (Å²) in [6.45, 7) is 8.43. The lowest BCUT2D eigenvalue weighted by Crippen LogP contribution is -2.39. The number of fused-ring (bicyclic) bond motifs is 2. The highest BCUT2D eigenvalue weighted by atomic mass is 16.5. The summed E-state index contributed by atoms with van der Waals surface area (Å²) in [4.78, 5) is 78.7. The van der Waals surface area contributed by atoms with Crippen LogP contribution in [0.1, 0.15) is 77.1 Å². The van der Waals surface area contributed by atoms with Gasteiger partial charge in [-0.1, -0.05) is 58.0 Å². The van der Waals surface area contributed by atoms with Crippen LogP contribution in [0, 0.1) is 11.8 Å². The number of ether oxygens (including phenoxy) is 2. The van der Waals surface area contributed by atoms with E-state index in [1.54, 1.807) is 16.0 Å². The largest absolute Gasteiger partial charge is 0.451 e. The molecule has 4 amide bonds. The van der Waals surface area contributed by atoms with Crippen LogP contribution >= 0.6 is 0 Å². The number of nitrogens with one attached hydrogen (secondary N) is 2. The van der Waals surface area contributed by atoms with Gasteiger partial charge in [0.2, 0.25) is 0 Å². The summed E-state index contributed by atoms with van der Waals surface area (Å²) in [5.74, 6) is 0.342. The smallest absolute Gasteiger partial charge is 0.433 e. The quantitative estimate of drug-likeness (QED) is 0.151. The maximum atomic E-state index is 13.6. The Morgan fingerprint density at radius 1 is 0.696 bits per heavy atom. The molecule has 14 nitrogen and oxygen atoms in total. The minimum atomic E-state index is -0.788. The molecule has 56 heavy (non-hydrogen) atoms. The Morgan fingerprint density at radius 3 is 1.79 bits per heavy atom. The average Bonchev–Trinajstić information content (AvgIpc) is 4.03. The number of aromatic amines is 2. The fourth-order valence-corrected chi connectivity index (χ4v) is 7.63. The van der Waals surface area contributed by atoms with Gasteiger partial charge in [0.1, 0.15) is 23.1 Å². The zero-order chi connectivity index (χ0) is 39.7. The van der Waals surface area contributed by atoms with E-state index in [2.05, 4.69) is 78.2 Å². The average molecular weight is 759 g/mol. The first-order valence-corrected chi connectivity index (χ1v) is 19.0. The molecule has 0 aliphatic carbocycles. The third-order valence-corrected chi connectivity index (χ3v) is 10.5. The van der Waals surface area contributed by atoms with E-state index >= 15 is 0 Å². The van der Waals surface area contributed by atoms with Crippen LogP contribution in [0.5, 0.6) is 0 Å². The van der Waals surface area contributed by atoms with E-state index in [-0.39, 0.29) is 47.2 Å². The number of methoxy groups -OCH3 is 2. The Labute approximate surface area is 324 Å². The fourth-order valence-electron chi connectivity index (χ4n) is 7.63. The lowest BCUT2D eigenvalue weighted by molar-refractivity contribution is -0.126. The summed E-state index contributed by atoms with van der Waals surface area (Å²) < 4.78 is 9.38. The zero-order valence-corrected chi connectivity index (χ0v) is 32.5. The Balaban J connectivity index is 1.09. The minimum Gasteiger partial charge on any atom is -0.451 e. The van der Waals surface area contributed by atoms with Gasteiger partial charge in [-0.05, 0) is 71.8 Å². The first-order valence-electron chi connectivity index (χ1n) is 19.0. The molecular formula is C42H46N8O6. The van der Waals surface area contributed by atoms with Crippen LogP contribution in [0.3, 0.4) is 0 Å². The molecule has 2 saturated heterocycles. The van der Waals surface area contributed by atoms with Crippen molar-refractivity contribution in [2.75, 3.05) is 27.3 Å². The molecule has 2 aliphatic heterocycles. The van der Waals surface area contributed by atoms with E-state index in [1.807, 2.05) is 33.8 Å². The van der Waals surface area contributed by atoms with Gasteiger partial charge in [0.05, 0.1) is 49.2 Å². The molecule has 2 aliphatic rings. The summed E-state index contributed by atoms with van der Waals surface area (Å²) in [6.07, 6.45) is 3.36. The van der Waals surface area contributed by atoms with Gasteiger partial charge in [-0.25, -0.2) is 19.6 Å². The number of likely N-dealkylation sites (tertiary alicyclic amines) is 2. The van der Waals surface area contributed by atoms with Crippen molar-refractivity contribution in [3.63, 3.8) is 0 Å². The molecule has 2 fully saturated rings. The van der Waals surface area contributed by atoms with Crippen molar-refractivity contribution in [3.8, 4) is 22.4 Å². The highest BCUT2D eigenvalue weighted by molar-refractivity contribution is 6.41. The van der Waals surface area contributed by atoms with E-state index in [1.165, 1.54) is 14.2 Å². The molecule has 3 aromatic carbocycles. The second-order valence-corrected chi connectivity index (χ2v) is 14.9. The van der Waals surface area contributed by atoms with Gasteiger partial charge in [0.25, 0.3) is 11.8 Å². The molecule has 7 rings (SSSR count). The number of rotatable bonds is 8. The van der Waals surface area contributed by atoms with Crippen LogP contribution in [0.15, 0.2) is 70.8 Å². The van der Waals surface area contributed by atoms with E-state index in [9.17, 15) is 19.2 Å². The van der Waals surface area contributed by atoms with Gasteiger partial charge in [-0.2, -0.15) is 9.98 Å². The fraction of sp³-hybridized carbons (Fsp3) is 0.381. The van der Waals surface area contributed by atoms with Crippen molar-refractivity contribution in [1.82, 2.24) is 29.7 Å². The van der Waals surface area contributed by atoms with E-state index in [0.29, 0.717) is 24.7 Å². The lowest BCUT2D eigenvalue weighted by atomic mass is 9.99. The SMILES string of the molecule is COC(=O)N=C(C(=O)N1CCCC1c1ncc(-c2ccc3cc(-c4ccc5nc(C6CCCN6C(=O)C(=NC(=O)OC)C(C)C)[nH]c5c4)ccc3c2)[nH]1)C(C)C. The van der Waals surface area contributed by atoms with Crippen LogP contribution < -0.4 is 0 Å². The predicted molar refractivity (Wildman–Crippen MR) is 213 cm³/mol. The van der Waals surface area contributed by atoms with E-state index in [4.69, 9.17) is 9.72 Å². The summed E-state index contributed by atoms with van der Waals surface area (Å²) in [5, 5.41) is 2.14. The van der Waals surface area contributed by atoms with Crippen molar-refractivity contribution in [3.05, 3.63) is 72.4 Å². The number of aromatic nitrogens is 4. The molecule has 2 unspecified atom stereocenters. The van der Waals surface area contributed by atoms with Gasteiger partial charge in [0, 0.05) is 30.5 Å². The molecule has 0 spiro atoms. The maximum Gasteiger partial charge on any atom is 0.433 e. The number of amides is 4. The molecule has 2 aromatic heterocycles. The normalized spacial score (nSPS) is 17.8. The van der Waals surface area contributed by atoms with E-state index < -0.39 is 12.2 Å². The summed E-state index contributed by atoms with van der Waals surface area (Å²) >= 11 is 0. The second kappa shape index (κ2) is 15.9. The van der Waals surface area contributed by atoms with Crippen LogP contribution in [0.25, 0.3) is 44.2 Å². The number of benzene rings is 3. The van der Waals surface area contributed by atoms with Gasteiger partial charge in [-0.15, -0.1) is 0 Å². The van der Waals surface area contributed by atoms with E-state index in [0.717, 1.165) is 69.9 Å².